The van der Waals surface area contributed by atoms with Crippen molar-refractivity contribution in [3.63, 3.8) is 0 Å². The molecule has 0 fully saturated rings. The average Bonchev–Trinajstić information content (AvgIpc) is 2.87. The van der Waals surface area contributed by atoms with Gasteiger partial charge >= 0.3 is 6.03 Å². The lowest BCUT2D eigenvalue weighted by atomic mass is 10.4. The van der Waals surface area contributed by atoms with Crippen molar-refractivity contribution in [1.29, 1.82) is 0 Å². The first-order valence-electron chi connectivity index (χ1n) is 6.58. The Hall–Kier alpha value is -1.41. The molecule has 0 bridgehead atoms. The van der Waals surface area contributed by atoms with Gasteiger partial charge in [-0.05, 0) is 12.8 Å². The molecule has 1 aromatic rings. The molecule has 0 saturated heterocycles. The lowest BCUT2D eigenvalue weighted by Crippen LogP contribution is -2.36. The van der Waals surface area contributed by atoms with Crippen molar-refractivity contribution < 1.29 is 13.2 Å². The number of halogens is 1. The summed E-state index contributed by atoms with van der Waals surface area (Å²) in [7, 11) is -3.54. The normalized spacial score (nSPS) is 11.4. The van der Waals surface area contributed by atoms with E-state index in [1.54, 1.807) is 6.92 Å². The second kappa shape index (κ2) is 7.56. The fraction of sp³-hybridized carbons (Fsp3) is 0.583. The first-order chi connectivity index (χ1) is 9.81. The zero-order valence-corrected chi connectivity index (χ0v) is 13.7. The Balaban J connectivity index is 2.97. The first kappa shape index (κ1) is 17.6. The standard InChI is InChI=1S/C12H19ClN4O3S/c1-4-6-16(8-10(3)13)12(18)17-9-14-11(15-17)21(19,20)7-5-2/h9H,3-8H2,1-2H3. The van der Waals surface area contributed by atoms with Crippen LogP contribution in [0.15, 0.2) is 23.1 Å². The van der Waals surface area contributed by atoms with E-state index < -0.39 is 15.9 Å². The highest BCUT2D eigenvalue weighted by Gasteiger charge is 2.22. The molecule has 0 aliphatic carbocycles. The smallest absolute Gasteiger partial charge is 0.318 e. The predicted molar refractivity (Wildman–Crippen MR) is 80.0 cm³/mol. The molecule has 0 unspecified atom stereocenters. The van der Waals surface area contributed by atoms with Crippen LogP contribution < -0.4 is 0 Å². The van der Waals surface area contributed by atoms with Crippen LogP contribution in [-0.2, 0) is 9.84 Å². The van der Waals surface area contributed by atoms with E-state index in [-0.39, 0.29) is 17.5 Å². The summed E-state index contributed by atoms with van der Waals surface area (Å²) >= 11 is 5.73. The van der Waals surface area contributed by atoms with Gasteiger partial charge in [-0.25, -0.2) is 18.2 Å². The quantitative estimate of drug-likeness (QED) is 0.760. The van der Waals surface area contributed by atoms with Gasteiger partial charge in [0, 0.05) is 11.6 Å². The lowest BCUT2D eigenvalue weighted by Gasteiger charge is -2.20. The molecular weight excluding hydrogens is 316 g/mol. The molecule has 9 heteroatoms. The summed E-state index contributed by atoms with van der Waals surface area (Å²) in [5.74, 6) is -0.0532. The van der Waals surface area contributed by atoms with Gasteiger partial charge in [-0.2, -0.15) is 4.68 Å². The van der Waals surface area contributed by atoms with E-state index in [2.05, 4.69) is 16.7 Å². The molecule has 1 rings (SSSR count). The van der Waals surface area contributed by atoms with Crippen molar-refractivity contribution in [1.82, 2.24) is 19.7 Å². The summed E-state index contributed by atoms with van der Waals surface area (Å²) in [5.41, 5.74) is 0. The number of rotatable bonds is 7. The Morgan fingerprint density at radius 3 is 2.62 bits per heavy atom. The Kier molecular flexibility index (Phi) is 6.35. The Bertz CT molecular complexity index is 612. The molecule has 0 spiro atoms. The molecule has 1 aromatic heterocycles. The monoisotopic (exact) mass is 334 g/mol. The molecule has 0 radical (unpaired) electrons. The first-order valence-corrected chi connectivity index (χ1v) is 8.61. The topological polar surface area (TPSA) is 85.2 Å². The molecular formula is C12H19ClN4O3S. The minimum Gasteiger partial charge on any atom is -0.318 e. The molecule has 0 aliphatic rings. The highest BCUT2D eigenvalue weighted by Crippen LogP contribution is 2.08. The summed E-state index contributed by atoms with van der Waals surface area (Å²) < 4.78 is 24.6. The number of carbonyl (C=O) groups is 1. The predicted octanol–water partition coefficient (Wildman–Crippen LogP) is 1.89. The van der Waals surface area contributed by atoms with Gasteiger partial charge in [-0.15, -0.1) is 5.10 Å². The second-order valence-electron chi connectivity index (χ2n) is 4.51. The van der Waals surface area contributed by atoms with E-state index >= 15 is 0 Å². The van der Waals surface area contributed by atoms with Gasteiger partial charge in [0.1, 0.15) is 6.33 Å². The number of hydrogen-bond donors (Lipinski definition) is 0. The number of nitrogens with zero attached hydrogens (tertiary/aromatic N) is 4. The van der Waals surface area contributed by atoms with Crippen LogP contribution in [0, 0.1) is 0 Å². The third-order valence-electron chi connectivity index (χ3n) is 2.54. The van der Waals surface area contributed by atoms with E-state index in [1.807, 2.05) is 6.92 Å². The van der Waals surface area contributed by atoms with Gasteiger partial charge in [0.25, 0.3) is 5.16 Å². The molecule has 7 nitrogen and oxygen atoms in total. The molecule has 1 heterocycles. The Morgan fingerprint density at radius 2 is 2.10 bits per heavy atom. The van der Waals surface area contributed by atoms with Crippen molar-refractivity contribution in [3.8, 4) is 0 Å². The molecule has 0 aliphatic heterocycles. The molecule has 0 saturated carbocycles. The maximum atomic E-state index is 12.3. The number of sulfone groups is 1. The summed E-state index contributed by atoms with van der Waals surface area (Å²) in [6.45, 7) is 7.84. The van der Waals surface area contributed by atoms with Crippen molar-refractivity contribution in [2.75, 3.05) is 18.8 Å². The van der Waals surface area contributed by atoms with Gasteiger partial charge in [0.2, 0.25) is 9.84 Å². The zero-order valence-electron chi connectivity index (χ0n) is 12.1. The van der Waals surface area contributed by atoms with Gasteiger partial charge in [0.15, 0.2) is 0 Å². The van der Waals surface area contributed by atoms with E-state index in [1.165, 1.54) is 4.90 Å². The summed E-state index contributed by atoms with van der Waals surface area (Å²) in [6, 6.07) is -0.482. The maximum Gasteiger partial charge on any atom is 0.346 e. The van der Waals surface area contributed by atoms with E-state index in [4.69, 9.17) is 11.6 Å². The van der Waals surface area contributed by atoms with Crippen LogP contribution in [-0.4, -0.2) is 53.0 Å². The average molecular weight is 335 g/mol. The third-order valence-corrected chi connectivity index (χ3v) is 4.35. The van der Waals surface area contributed by atoms with Crippen LogP contribution in [0.25, 0.3) is 0 Å². The van der Waals surface area contributed by atoms with Crippen molar-refractivity contribution in [3.05, 3.63) is 17.9 Å². The van der Waals surface area contributed by atoms with Crippen LogP contribution in [0.2, 0.25) is 0 Å². The SMILES string of the molecule is C=C(Cl)CN(CCC)C(=O)n1cnc(S(=O)(=O)CCC)n1. The summed E-state index contributed by atoms with van der Waals surface area (Å²) in [6.07, 6.45) is 2.29. The number of amides is 1. The number of aromatic nitrogens is 3. The summed E-state index contributed by atoms with van der Waals surface area (Å²) in [4.78, 5) is 17.4. The lowest BCUT2D eigenvalue weighted by molar-refractivity contribution is 0.201. The fourth-order valence-electron chi connectivity index (χ4n) is 1.71. The van der Waals surface area contributed by atoms with Gasteiger partial charge in [-0.3, -0.25) is 0 Å². The molecule has 21 heavy (non-hydrogen) atoms. The van der Waals surface area contributed by atoms with Gasteiger partial charge < -0.3 is 4.90 Å². The fourth-order valence-corrected chi connectivity index (χ4v) is 2.99. The Labute approximate surface area is 129 Å². The van der Waals surface area contributed by atoms with Crippen molar-refractivity contribution in [2.45, 2.75) is 31.8 Å². The largest absolute Gasteiger partial charge is 0.346 e. The third kappa shape index (κ3) is 4.82. The van der Waals surface area contributed by atoms with Crippen LogP contribution in [0.5, 0.6) is 0 Å². The van der Waals surface area contributed by atoms with Crippen molar-refractivity contribution in [2.24, 2.45) is 0 Å². The molecule has 0 aromatic carbocycles. The van der Waals surface area contributed by atoms with Gasteiger partial charge in [-0.1, -0.05) is 32.0 Å². The highest BCUT2D eigenvalue weighted by molar-refractivity contribution is 7.91. The molecule has 0 N–H and O–H groups in total. The van der Waals surface area contributed by atoms with Crippen LogP contribution in [0.3, 0.4) is 0 Å². The van der Waals surface area contributed by atoms with Crippen LogP contribution in [0.1, 0.15) is 26.7 Å². The van der Waals surface area contributed by atoms with E-state index in [0.717, 1.165) is 17.4 Å². The minimum absolute atomic E-state index is 0.0532. The molecule has 1 amide bonds. The number of carbonyl (C=O) groups excluding carboxylic acids is 1. The molecule has 0 atom stereocenters. The highest BCUT2D eigenvalue weighted by atomic mass is 35.5. The molecule has 118 valence electrons. The second-order valence-corrected chi connectivity index (χ2v) is 7.05. The van der Waals surface area contributed by atoms with Crippen molar-refractivity contribution >= 4 is 27.5 Å². The van der Waals surface area contributed by atoms with E-state index in [9.17, 15) is 13.2 Å². The van der Waals surface area contributed by atoms with Crippen LogP contribution in [0.4, 0.5) is 4.79 Å². The summed E-state index contributed by atoms with van der Waals surface area (Å²) in [5, 5.41) is 3.75. The van der Waals surface area contributed by atoms with E-state index in [0.29, 0.717) is 18.0 Å². The maximum absolute atomic E-state index is 12.3. The zero-order chi connectivity index (χ0) is 16.0. The Morgan fingerprint density at radius 1 is 1.43 bits per heavy atom. The number of hydrogen-bond acceptors (Lipinski definition) is 5. The minimum atomic E-state index is -3.54. The van der Waals surface area contributed by atoms with Crippen LogP contribution >= 0.6 is 11.6 Å². The van der Waals surface area contributed by atoms with Gasteiger partial charge in [0.05, 0.1) is 12.3 Å².